The lowest BCUT2D eigenvalue weighted by atomic mass is 10.0. The molecule has 118 valence electrons. The Morgan fingerprint density at radius 3 is 2.52 bits per heavy atom. The summed E-state index contributed by atoms with van der Waals surface area (Å²) >= 11 is 0. The van der Waals surface area contributed by atoms with Gasteiger partial charge in [0.2, 0.25) is 0 Å². The van der Waals surface area contributed by atoms with Crippen molar-refractivity contribution in [2.75, 3.05) is 4.31 Å². The first-order valence-electron chi connectivity index (χ1n) is 7.75. The zero-order valence-corrected chi connectivity index (χ0v) is 13.4. The summed E-state index contributed by atoms with van der Waals surface area (Å²) in [6.07, 6.45) is 6.85. The summed E-state index contributed by atoms with van der Waals surface area (Å²) in [5.74, 6) is 0.947. The molecule has 4 nitrogen and oxygen atoms in total. The van der Waals surface area contributed by atoms with Gasteiger partial charge in [-0.15, -0.1) is 0 Å². The number of sulfonamides is 1. The van der Waals surface area contributed by atoms with Gasteiger partial charge >= 0.3 is 0 Å². The molecule has 0 aromatic heterocycles. The van der Waals surface area contributed by atoms with Gasteiger partial charge in [-0.2, -0.15) is 0 Å². The Labute approximate surface area is 136 Å². The molecule has 0 saturated carbocycles. The predicted octanol–water partition coefficient (Wildman–Crippen LogP) is 4.10. The molecule has 4 rings (SSSR count). The number of nitrogens with zero attached hydrogens (tertiary/aromatic N) is 1. The Morgan fingerprint density at radius 1 is 1.00 bits per heavy atom. The van der Waals surface area contributed by atoms with Crippen LogP contribution in [0.25, 0.3) is 0 Å². The number of hydrogen-bond donors (Lipinski definition) is 0. The molecule has 0 fully saturated rings. The topological polar surface area (TPSA) is 46.6 Å². The van der Waals surface area contributed by atoms with Crippen LogP contribution in [0.1, 0.15) is 19.3 Å². The molecule has 23 heavy (non-hydrogen) atoms. The summed E-state index contributed by atoms with van der Waals surface area (Å²) < 4.78 is 34.0. The molecule has 0 amide bonds. The van der Waals surface area contributed by atoms with E-state index in [0.29, 0.717) is 17.2 Å². The lowest BCUT2D eigenvalue weighted by Gasteiger charge is -2.31. The van der Waals surface area contributed by atoms with Crippen molar-refractivity contribution in [3.05, 3.63) is 60.7 Å². The Balaban J connectivity index is 1.98. The fraction of sp³-hybridized carbons (Fsp3) is 0.222. The molecule has 5 heteroatoms. The highest BCUT2D eigenvalue weighted by Gasteiger charge is 2.37. The average Bonchev–Trinajstić information content (AvgIpc) is 2.67. The second kappa shape index (κ2) is 5.42. The number of rotatable bonds is 1. The molecule has 1 aliphatic heterocycles. The summed E-state index contributed by atoms with van der Waals surface area (Å²) in [5.41, 5.74) is 0.597. The van der Waals surface area contributed by atoms with Crippen molar-refractivity contribution < 1.29 is 13.2 Å². The average molecular weight is 327 g/mol. The summed E-state index contributed by atoms with van der Waals surface area (Å²) in [6.45, 7) is 0. The number of anilines is 1. The SMILES string of the molecule is O=S1(=O)c2ccccc2Oc2ccccc2N1C1C=CCCC1. The Bertz CT molecular complexity index is 873. The number of fused-ring (bicyclic) bond motifs is 2. The molecule has 1 unspecified atom stereocenters. The van der Waals surface area contributed by atoms with E-state index in [-0.39, 0.29) is 10.9 Å². The Hall–Kier alpha value is -2.27. The fourth-order valence-electron chi connectivity index (χ4n) is 3.17. The molecule has 1 atom stereocenters. The number of benzene rings is 2. The molecule has 0 N–H and O–H groups in total. The van der Waals surface area contributed by atoms with Crippen LogP contribution in [0.15, 0.2) is 65.6 Å². The monoisotopic (exact) mass is 327 g/mol. The third-order valence-corrected chi connectivity index (χ3v) is 6.12. The maximum atomic E-state index is 13.3. The molecule has 1 heterocycles. The first kappa shape index (κ1) is 14.3. The van der Waals surface area contributed by atoms with Gasteiger partial charge in [0.25, 0.3) is 10.0 Å². The molecule has 1 aliphatic carbocycles. The number of para-hydroxylation sites is 3. The van der Waals surface area contributed by atoms with E-state index in [1.165, 1.54) is 4.31 Å². The second-order valence-electron chi connectivity index (χ2n) is 5.74. The van der Waals surface area contributed by atoms with Gasteiger partial charge in [-0.1, -0.05) is 36.4 Å². The van der Waals surface area contributed by atoms with Crippen LogP contribution >= 0.6 is 0 Å². The van der Waals surface area contributed by atoms with Gasteiger partial charge < -0.3 is 4.74 Å². The highest BCUT2D eigenvalue weighted by atomic mass is 32.2. The van der Waals surface area contributed by atoms with Crippen molar-refractivity contribution in [2.24, 2.45) is 0 Å². The quantitative estimate of drug-likeness (QED) is 0.741. The van der Waals surface area contributed by atoms with Crippen LogP contribution in [0.2, 0.25) is 0 Å². The normalized spacial score (nSPS) is 21.7. The van der Waals surface area contributed by atoms with Crippen LogP contribution in [0.5, 0.6) is 11.5 Å². The standard InChI is InChI=1S/C18H17NO3S/c20-23(21)18-13-7-6-12-17(18)22-16-11-5-4-10-15(16)19(23)14-8-2-1-3-9-14/h2,4-8,10-14H,1,3,9H2. The lowest BCUT2D eigenvalue weighted by molar-refractivity contribution is 0.472. The molecule has 0 saturated heterocycles. The van der Waals surface area contributed by atoms with Crippen molar-refractivity contribution in [3.8, 4) is 11.5 Å². The first-order valence-corrected chi connectivity index (χ1v) is 9.19. The van der Waals surface area contributed by atoms with Gasteiger partial charge in [-0.3, -0.25) is 4.31 Å². The highest BCUT2D eigenvalue weighted by Crippen LogP contribution is 2.44. The van der Waals surface area contributed by atoms with Crippen LogP contribution in [0.3, 0.4) is 0 Å². The van der Waals surface area contributed by atoms with Crippen LogP contribution in [0.4, 0.5) is 5.69 Å². The zero-order chi connectivity index (χ0) is 15.9. The van der Waals surface area contributed by atoms with Crippen molar-refractivity contribution in [1.82, 2.24) is 0 Å². The van der Waals surface area contributed by atoms with E-state index in [1.807, 2.05) is 24.3 Å². The maximum absolute atomic E-state index is 13.3. The van der Waals surface area contributed by atoms with E-state index < -0.39 is 10.0 Å². The van der Waals surface area contributed by atoms with E-state index in [9.17, 15) is 8.42 Å². The molecule has 2 aromatic rings. The number of allylic oxidation sites excluding steroid dienone is 1. The third kappa shape index (κ3) is 2.32. The van der Waals surface area contributed by atoms with E-state index in [4.69, 9.17) is 4.74 Å². The molecular formula is C18H17NO3S. The van der Waals surface area contributed by atoms with Crippen molar-refractivity contribution >= 4 is 15.7 Å². The van der Waals surface area contributed by atoms with Crippen molar-refractivity contribution in [1.29, 1.82) is 0 Å². The summed E-state index contributed by atoms with van der Waals surface area (Å²) in [5, 5.41) is 0. The highest BCUT2D eigenvalue weighted by molar-refractivity contribution is 7.93. The fourth-order valence-corrected chi connectivity index (χ4v) is 4.94. The minimum Gasteiger partial charge on any atom is -0.454 e. The summed E-state index contributed by atoms with van der Waals surface area (Å²) in [7, 11) is -3.68. The van der Waals surface area contributed by atoms with E-state index in [2.05, 4.69) is 6.08 Å². The Morgan fingerprint density at radius 2 is 1.74 bits per heavy atom. The minimum atomic E-state index is -3.68. The molecule has 0 bridgehead atoms. The Kier molecular flexibility index (Phi) is 3.38. The predicted molar refractivity (Wildman–Crippen MR) is 89.4 cm³/mol. The lowest BCUT2D eigenvalue weighted by Crippen LogP contribution is -2.39. The molecular weight excluding hydrogens is 310 g/mol. The second-order valence-corrected chi connectivity index (χ2v) is 7.53. The largest absolute Gasteiger partial charge is 0.454 e. The smallest absolute Gasteiger partial charge is 0.268 e. The molecule has 2 aromatic carbocycles. The molecule has 0 radical (unpaired) electrons. The first-order chi connectivity index (χ1) is 11.2. The van der Waals surface area contributed by atoms with Crippen LogP contribution in [-0.4, -0.2) is 14.5 Å². The van der Waals surface area contributed by atoms with Gasteiger partial charge in [0, 0.05) is 0 Å². The van der Waals surface area contributed by atoms with Gasteiger partial charge in [-0.25, -0.2) is 8.42 Å². The van der Waals surface area contributed by atoms with Crippen molar-refractivity contribution in [3.63, 3.8) is 0 Å². The minimum absolute atomic E-state index is 0.176. The van der Waals surface area contributed by atoms with Gasteiger partial charge in [-0.05, 0) is 43.5 Å². The van der Waals surface area contributed by atoms with Crippen LogP contribution < -0.4 is 9.04 Å². The molecule has 2 aliphatic rings. The maximum Gasteiger partial charge on any atom is 0.268 e. The number of ether oxygens (including phenoxy) is 1. The number of hydrogen-bond acceptors (Lipinski definition) is 3. The van der Waals surface area contributed by atoms with E-state index >= 15 is 0 Å². The zero-order valence-electron chi connectivity index (χ0n) is 12.6. The van der Waals surface area contributed by atoms with E-state index in [1.54, 1.807) is 30.3 Å². The summed E-state index contributed by atoms with van der Waals surface area (Å²) in [4.78, 5) is 0.218. The van der Waals surface area contributed by atoms with Gasteiger partial charge in [0.1, 0.15) is 10.6 Å². The van der Waals surface area contributed by atoms with E-state index in [0.717, 1.165) is 19.3 Å². The third-order valence-electron chi connectivity index (χ3n) is 4.24. The van der Waals surface area contributed by atoms with Crippen LogP contribution in [-0.2, 0) is 10.0 Å². The van der Waals surface area contributed by atoms with Crippen LogP contribution in [0, 0.1) is 0 Å². The van der Waals surface area contributed by atoms with Crippen molar-refractivity contribution in [2.45, 2.75) is 30.2 Å². The summed E-state index contributed by atoms with van der Waals surface area (Å²) in [6, 6.07) is 14.0. The van der Waals surface area contributed by atoms with Gasteiger partial charge in [0.05, 0.1) is 11.7 Å². The molecule has 0 spiro atoms. The van der Waals surface area contributed by atoms with Gasteiger partial charge in [0.15, 0.2) is 5.75 Å².